The summed E-state index contributed by atoms with van der Waals surface area (Å²) >= 11 is 1.94. The molecule has 1 aromatic carbocycles. The van der Waals surface area contributed by atoms with Gasteiger partial charge in [0.25, 0.3) is 0 Å². The van der Waals surface area contributed by atoms with Crippen LogP contribution in [0.25, 0.3) is 0 Å². The monoisotopic (exact) mass is 300 g/mol. The van der Waals surface area contributed by atoms with Crippen molar-refractivity contribution in [2.75, 3.05) is 30.3 Å². The molecule has 1 aromatic rings. The minimum atomic E-state index is 0. The summed E-state index contributed by atoms with van der Waals surface area (Å²) in [6, 6.07) is 7.79. The molecule has 1 amide bonds. The topological polar surface area (TPSA) is 46.3 Å². The van der Waals surface area contributed by atoms with Crippen LogP contribution >= 0.6 is 24.2 Å². The summed E-state index contributed by atoms with van der Waals surface area (Å²) in [5, 5.41) is 0. The lowest BCUT2D eigenvalue weighted by molar-refractivity contribution is -0.130. The molecule has 0 radical (unpaired) electrons. The van der Waals surface area contributed by atoms with E-state index in [4.69, 9.17) is 5.73 Å². The SMILES string of the molecule is Cl.Nc1ccccc1CCC(=O)N1CCCSCC1. The first-order chi connectivity index (χ1) is 8.77. The molecule has 0 saturated carbocycles. The number of thioether (sulfide) groups is 1. The van der Waals surface area contributed by atoms with Gasteiger partial charge in [0.15, 0.2) is 0 Å². The third-order valence-corrected chi connectivity index (χ3v) is 4.29. The first-order valence-corrected chi connectivity index (χ1v) is 7.62. The van der Waals surface area contributed by atoms with Crippen LogP contribution in [0.1, 0.15) is 18.4 Å². The normalized spacial score (nSPS) is 15.5. The molecule has 0 aromatic heterocycles. The van der Waals surface area contributed by atoms with E-state index in [0.717, 1.165) is 42.9 Å². The lowest BCUT2D eigenvalue weighted by Gasteiger charge is -2.20. The zero-order valence-corrected chi connectivity index (χ0v) is 12.6. The number of rotatable bonds is 3. The van der Waals surface area contributed by atoms with Crippen LogP contribution in [0.5, 0.6) is 0 Å². The second-order valence-corrected chi connectivity index (χ2v) is 5.77. The van der Waals surface area contributed by atoms with Crippen molar-refractivity contribution in [3.8, 4) is 0 Å². The van der Waals surface area contributed by atoms with E-state index < -0.39 is 0 Å². The van der Waals surface area contributed by atoms with E-state index in [-0.39, 0.29) is 18.3 Å². The third-order valence-electron chi connectivity index (χ3n) is 3.24. The van der Waals surface area contributed by atoms with Crippen LogP contribution in [0.4, 0.5) is 5.69 Å². The van der Waals surface area contributed by atoms with Gasteiger partial charge in [-0.3, -0.25) is 4.79 Å². The summed E-state index contributed by atoms with van der Waals surface area (Å²) in [5.41, 5.74) is 7.75. The number of nitrogens with zero attached hydrogens (tertiary/aromatic N) is 1. The Kier molecular flexibility index (Phi) is 7.10. The van der Waals surface area contributed by atoms with Crippen LogP contribution in [0.3, 0.4) is 0 Å². The van der Waals surface area contributed by atoms with Crippen molar-refractivity contribution in [2.45, 2.75) is 19.3 Å². The number of halogens is 1. The number of anilines is 1. The standard InChI is InChI=1S/C14H20N2OS.ClH/c15-13-5-2-1-4-12(13)6-7-14(17)16-8-3-10-18-11-9-16;/h1-2,4-5H,3,6-11,15H2;1H. The molecule has 0 unspecified atom stereocenters. The molecule has 1 aliphatic rings. The lowest BCUT2D eigenvalue weighted by atomic mass is 10.1. The van der Waals surface area contributed by atoms with Crippen LogP contribution in [0.15, 0.2) is 24.3 Å². The molecule has 0 spiro atoms. The number of amides is 1. The maximum atomic E-state index is 12.1. The summed E-state index contributed by atoms with van der Waals surface area (Å²) in [4.78, 5) is 14.1. The number of para-hydroxylation sites is 1. The molecule has 5 heteroatoms. The Bertz CT molecular complexity index is 406. The molecule has 1 saturated heterocycles. The molecule has 1 heterocycles. The Hall–Kier alpha value is -0.870. The average Bonchev–Trinajstić information content (AvgIpc) is 2.66. The predicted octanol–water partition coefficient (Wildman–Crippen LogP) is 2.59. The number of aryl methyl sites for hydroxylation is 1. The second-order valence-electron chi connectivity index (χ2n) is 4.55. The smallest absolute Gasteiger partial charge is 0.222 e. The van der Waals surface area contributed by atoms with Crippen molar-refractivity contribution >= 4 is 35.8 Å². The van der Waals surface area contributed by atoms with E-state index in [0.29, 0.717) is 6.42 Å². The largest absolute Gasteiger partial charge is 0.399 e. The molecule has 0 atom stereocenters. The molecule has 2 rings (SSSR count). The van der Waals surface area contributed by atoms with E-state index in [1.807, 2.05) is 40.9 Å². The number of hydrogen-bond acceptors (Lipinski definition) is 3. The predicted molar refractivity (Wildman–Crippen MR) is 84.9 cm³/mol. The van der Waals surface area contributed by atoms with Crippen LogP contribution in [0.2, 0.25) is 0 Å². The summed E-state index contributed by atoms with van der Waals surface area (Å²) in [7, 11) is 0. The molecule has 0 bridgehead atoms. The van der Waals surface area contributed by atoms with Gasteiger partial charge in [-0.05, 0) is 30.2 Å². The Labute approximate surface area is 125 Å². The minimum absolute atomic E-state index is 0. The van der Waals surface area contributed by atoms with Crippen molar-refractivity contribution in [3.63, 3.8) is 0 Å². The maximum Gasteiger partial charge on any atom is 0.222 e. The Morgan fingerprint density at radius 2 is 2.05 bits per heavy atom. The number of carbonyl (C=O) groups is 1. The average molecular weight is 301 g/mol. The van der Waals surface area contributed by atoms with Gasteiger partial charge in [-0.1, -0.05) is 18.2 Å². The second kappa shape index (κ2) is 8.33. The van der Waals surface area contributed by atoms with Crippen molar-refractivity contribution in [3.05, 3.63) is 29.8 Å². The molecule has 2 N–H and O–H groups in total. The van der Waals surface area contributed by atoms with Gasteiger partial charge >= 0.3 is 0 Å². The van der Waals surface area contributed by atoms with Crippen molar-refractivity contribution in [2.24, 2.45) is 0 Å². The van der Waals surface area contributed by atoms with Gasteiger partial charge in [-0.25, -0.2) is 0 Å². The van der Waals surface area contributed by atoms with Crippen LogP contribution in [0, 0.1) is 0 Å². The van der Waals surface area contributed by atoms with Crippen molar-refractivity contribution in [1.82, 2.24) is 4.90 Å². The highest BCUT2D eigenvalue weighted by molar-refractivity contribution is 7.99. The molecule has 1 aliphatic heterocycles. The first kappa shape index (κ1) is 16.2. The first-order valence-electron chi connectivity index (χ1n) is 6.46. The molecular weight excluding hydrogens is 280 g/mol. The highest BCUT2D eigenvalue weighted by atomic mass is 35.5. The molecule has 3 nitrogen and oxygen atoms in total. The minimum Gasteiger partial charge on any atom is -0.399 e. The number of carbonyl (C=O) groups excluding carboxylic acids is 1. The number of nitrogen functional groups attached to an aromatic ring is 1. The van der Waals surface area contributed by atoms with Gasteiger partial charge in [-0.15, -0.1) is 12.4 Å². The molecule has 0 aliphatic carbocycles. The summed E-state index contributed by atoms with van der Waals surface area (Å²) < 4.78 is 0. The summed E-state index contributed by atoms with van der Waals surface area (Å²) in [5.74, 6) is 2.51. The third kappa shape index (κ3) is 4.96. The van der Waals surface area contributed by atoms with Crippen LogP contribution in [-0.4, -0.2) is 35.4 Å². The Morgan fingerprint density at radius 1 is 1.26 bits per heavy atom. The fourth-order valence-electron chi connectivity index (χ4n) is 2.16. The zero-order valence-electron chi connectivity index (χ0n) is 11.0. The van der Waals surface area contributed by atoms with Gasteiger partial charge < -0.3 is 10.6 Å². The highest BCUT2D eigenvalue weighted by Crippen LogP contribution is 2.15. The van der Waals surface area contributed by atoms with E-state index >= 15 is 0 Å². The van der Waals surface area contributed by atoms with E-state index in [1.165, 1.54) is 5.75 Å². The van der Waals surface area contributed by atoms with Crippen LogP contribution in [-0.2, 0) is 11.2 Å². The van der Waals surface area contributed by atoms with Crippen LogP contribution < -0.4 is 5.73 Å². The fraction of sp³-hybridized carbons (Fsp3) is 0.500. The number of nitrogens with two attached hydrogens (primary N) is 1. The highest BCUT2D eigenvalue weighted by Gasteiger charge is 2.15. The lowest BCUT2D eigenvalue weighted by Crippen LogP contribution is -2.33. The zero-order chi connectivity index (χ0) is 12.8. The van der Waals surface area contributed by atoms with Crippen molar-refractivity contribution < 1.29 is 4.79 Å². The van der Waals surface area contributed by atoms with Gasteiger partial charge in [0.1, 0.15) is 0 Å². The van der Waals surface area contributed by atoms with E-state index in [2.05, 4.69) is 0 Å². The van der Waals surface area contributed by atoms with Crippen molar-refractivity contribution in [1.29, 1.82) is 0 Å². The van der Waals surface area contributed by atoms with Gasteiger partial charge in [0.2, 0.25) is 5.91 Å². The Balaban J connectivity index is 0.00000180. The Morgan fingerprint density at radius 3 is 2.84 bits per heavy atom. The maximum absolute atomic E-state index is 12.1. The molecule has 106 valence electrons. The summed E-state index contributed by atoms with van der Waals surface area (Å²) in [6.07, 6.45) is 2.43. The number of hydrogen-bond donors (Lipinski definition) is 1. The van der Waals surface area contributed by atoms with Gasteiger partial charge in [0, 0.05) is 31.0 Å². The number of benzene rings is 1. The van der Waals surface area contributed by atoms with Gasteiger partial charge in [0.05, 0.1) is 0 Å². The van der Waals surface area contributed by atoms with Gasteiger partial charge in [-0.2, -0.15) is 11.8 Å². The molecule has 1 fully saturated rings. The van der Waals surface area contributed by atoms with E-state index in [1.54, 1.807) is 0 Å². The fourth-order valence-corrected chi connectivity index (χ4v) is 3.04. The molecule has 19 heavy (non-hydrogen) atoms. The summed E-state index contributed by atoms with van der Waals surface area (Å²) in [6.45, 7) is 1.81. The quantitative estimate of drug-likeness (QED) is 0.873. The molecular formula is C14H21ClN2OS. The van der Waals surface area contributed by atoms with E-state index in [9.17, 15) is 4.79 Å².